The van der Waals surface area contributed by atoms with Crippen LogP contribution in [0.1, 0.15) is 17.0 Å². The minimum absolute atomic E-state index is 0.390. The average molecular weight is 435 g/mol. The van der Waals surface area contributed by atoms with Crippen LogP contribution >= 0.6 is 0 Å². The molecule has 0 aliphatic heterocycles. The summed E-state index contributed by atoms with van der Waals surface area (Å²) in [6, 6.07) is 10.8. The number of hydrogen-bond donors (Lipinski definition) is 1. The Balaban J connectivity index is 2.16. The van der Waals surface area contributed by atoms with Crippen LogP contribution in [0.15, 0.2) is 35.9 Å². The van der Waals surface area contributed by atoms with Gasteiger partial charge in [-0.3, -0.25) is 4.79 Å². The van der Waals surface area contributed by atoms with E-state index in [1.807, 2.05) is 23.6 Å². The molecule has 0 saturated heterocycles. The van der Waals surface area contributed by atoms with Crippen molar-refractivity contribution in [1.82, 2.24) is 9.88 Å². The number of carbonyl (C=O) groups excluding carboxylic acids is 2. The second kappa shape index (κ2) is 9.84. The number of ether oxygens (including phenoxy) is 2. The molecule has 2 rings (SSSR count). The summed E-state index contributed by atoms with van der Waals surface area (Å²) >= 11 is 0. The predicted octanol–water partition coefficient (Wildman–Crippen LogP) is 3.23. The molecule has 0 unspecified atom stereocenters. The van der Waals surface area contributed by atoms with Crippen LogP contribution in [-0.2, 0) is 14.3 Å². The lowest BCUT2D eigenvalue weighted by atomic mass is 10.1. The van der Waals surface area contributed by atoms with Crippen molar-refractivity contribution in [1.29, 1.82) is 5.26 Å². The number of halogens is 3. The summed E-state index contributed by atoms with van der Waals surface area (Å²) in [4.78, 5) is 23.5. The Morgan fingerprint density at radius 2 is 1.87 bits per heavy atom. The van der Waals surface area contributed by atoms with Crippen molar-refractivity contribution >= 4 is 18.0 Å². The summed E-state index contributed by atoms with van der Waals surface area (Å²) in [5, 5.41) is 10.9. The summed E-state index contributed by atoms with van der Waals surface area (Å²) in [5.74, 6) is -1.54. The number of benzene rings is 1. The van der Waals surface area contributed by atoms with E-state index in [-0.39, 0.29) is 0 Å². The van der Waals surface area contributed by atoms with Gasteiger partial charge in [-0.1, -0.05) is 0 Å². The van der Waals surface area contributed by atoms with E-state index >= 15 is 0 Å². The summed E-state index contributed by atoms with van der Waals surface area (Å²) in [6.45, 7) is 1.18. The standard InChI is InChI=1S/C21H20F3N3O4/c1-13-8-15(14(2)27(13)17-4-6-18(30-3)7-5-17)9-16(10-25)20(29)31-11-19(28)26-12-21(22,23)24/h4-9H,11-12H2,1-3H3,(H,26,28)/b16-9+. The minimum Gasteiger partial charge on any atom is -0.497 e. The van der Waals surface area contributed by atoms with Crippen LogP contribution < -0.4 is 10.1 Å². The smallest absolute Gasteiger partial charge is 0.405 e. The second-order valence-electron chi connectivity index (χ2n) is 6.50. The van der Waals surface area contributed by atoms with Crippen LogP contribution in [0.5, 0.6) is 5.75 Å². The zero-order valence-corrected chi connectivity index (χ0v) is 17.0. The van der Waals surface area contributed by atoms with Gasteiger partial charge in [-0.05, 0) is 55.8 Å². The molecule has 1 heterocycles. The van der Waals surface area contributed by atoms with Crippen LogP contribution in [0, 0.1) is 25.2 Å². The molecule has 164 valence electrons. The van der Waals surface area contributed by atoms with Crippen molar-refractivity contribution in [3.05, 3.63) is 52.9 Å². The molecule has 1 N–H and O–H groups in total. The Kier molecular flexibility index (Phi) is 7.47. The van der Waals surface area contributed by atoms with Crippen molar-refractivity contribution in [2.75, 3.05) is 20.3 Å². The van der Waals surface area contributed by atoms with Crippen LogP contribution in [0.2, 0.25) is 0 Å². The quantitative estimate of drug-likeness (QED) is 0.410. The summed E-state index contributed by atoms with van der Waals surface area (Å²) in [6.07, 6.45) is -3.28. The summed E-state index contributed by atoms with van der Waals surface area (Å²) < 4.78 is 48.0. The van der Waals surface area contributed by atoms with Gasteiger partial charge >= 0.3 is 12.1 Å². The first-order valence-corrected chi connectivity index (χ1v) is 9.01. The number of aryl methyl sites for hydroxylation is 1. The van der Waals surface area contributed by atoms with E-state index in [0.29, 0.717) is 11.3 Å². The number of nitrogens with zero attached hydrogens (tertiary/aromatic N) is 2. The lowest BCUT2D eigenvalue weighted by Gasteiger charge is -2.10. The van der Waals surface area contributed by atoms with Gasteiger partial charge in [0, 0.05) is 17.1 Å². The third-order valence-corrected chi connectivity index (χ3v) is 4.26. The van der Waals surface area contributed by atoms with Gasteiger partial charge in [0.05, 0.1) is 7.11 Å². The fourth-order valence-electron chi connectivity index (χ4n) is 2.81. The molecule has 7 nitrogen and oxygen atoms in total. The van der Waals surface area contributed by atoms with Gasteiger partial charge in [0.1, 0.15) is 23.9 Å². The first-order valence-electron chi connectivity index (χ1n) is 9.01. The van der Waals surface area contributed by atoms with Crippen molar-refractivity contribution in [2.45, 2.75) is 20.0 Å². The van der Waals surface area contributed by atoms with Gasteiger partial charge < -0.3 is 19.4 Å². The van der Waals surface area contributed by atoms with Crippen molar-refractivity contribution < 1.29 is 32.2 Å². The molecular formula is C21H20F3N3O4. The highest BCUT2D eigenvalue weighted by Gasteiger charge is 2.28. The SMILES string of the molecule is COc1ccc(-n2c(C)cc(/C=C(\C#N)C(=O)OCC(=O)NCC(F)(F)F)c2C)cc1. The van der Waals surface area contributed by atoms with Gasteiger partial charge in [-0.25, -0.2) is 4.79 Å². The number of rotatable bonds is 7. The molecule has 0 spiro atoms. The Bertz CT molecular complexity index is 1030. The Labute approximate surface area is 176 Å². The third kappa shape index (κ3) is 6.37. The normalized spacial score (nSPS) is 11.6. The highest BCUT2D eigenvalue weighted by molar-refractivity contribution is 5.99. The zero-order chi connectivity index (χ0) is 23.2. The Morgan fingerprint density at radius 1 is 1.23 bits per heavy atom. The van der Waals surface area contributed by atoms with Crippen molar-refractivity contribution in [3.8, 4) is 17.5 Å². The maximum atomic E-state index is 12.1. The van der Waals surface area contributed by atoms with Gasteiger partial charge in [0.2, 0.25) is 0 Å². The fraction of sp³-hybridized carbons (Fsp3) is 0.286. The first kappa shape index (κ1) is 23.5. The van der Waals surface area contributed by atoms with E-state index in [2.05, 4.69) is 4.74 Å². The number of nitriles is 1. The van der Waals surface area contributed by atoms with Gasteiger partial charge in [-0.15, -0.1) is 0 Å². The van der Waals surface area contributed by atoms with Crippen LogP contribution in [0.3, 0.4) is 0 Å². The highest BCUT2D eigenvalue weighted by atomic mass is 19.4. The largest absolute Gasteiger partial charge is 0.497 e. The number of alkyl halides is 3. The molecule has 0 bridgehead atoms. The minimum atomic E-state index is -4.58. The second-order valence-corrected chi connectivity index (χ2v) is 6.50. The van der Waals surface area contributed by atoms with E-state index < -0.39 is 36.8 Å². The van der Waals surface area contributed by atoms with Gasteiger partial charge in [0.25, 0.3) is 5.91 Å². The van der Waals surface area contributed by atoms with E-state index in [1.54, 1.807) is 43.6 Å². The van der Waals surface area contributed by atoms with E-state index in [0.717, 1.165) is 17.1 Å². The molecule has 31 heavy (non-hydrogen) atoms. The molecule has 0 aliphatic carbocycles. The van der Waals surface area contributed by atoms with Crippen LogP contribution in [0.25, 0.3) is 11.8 Å². The molecule has 0 radical (unpaired) electrons. The first-order chi connectivity index (χ1) is 14.6. The molecule has 0 fully saturated rings. The predicted molar refractivity (Wildman–Crippen MR) is 105 cm³/mol. The van der Waals surface area contributed by atoms with Crippen molar-refractivity contribution in [2.24, 2.45) is 0 Å². The van der Waals surface area contributed by atoms with Crippen LogP contribution in [0.4, 0.5) is 13.2 Å². The molecular weight excluding hydrogens is 415 g/mol. The van der Waals surface area contributed by atoms with Gasteiger partial charge in [-0.2, -0.15) is 18.4 Å². The Hall–Kier alpha value is -3.74. The molecule has 2 aromatic rings. The molecule has 0 atom stereocenters. The van der Waals surface area contributed by atoms with Gasteiger partial charge in [0.15, 0.2) is 6.61 Å². The van der Waals surface area contributed by atoms with E-state index in [4.69, 9.17) is 4.74 Å². The third-order valence-electron chi connectivity index (χ3n) is 4.26. The molecule has 1 aromatic heterocycles. The highest BCUT2D eigenvalue weighted by Crippen LogP contribution is 2.24. The molecule has 10 heteroatoms. The van der Waals surface area contributed by atoms with Crippen molar-refractivity contribution in [3.63, 3.8) is 0 Å². The Morgan fingerprint density at radius 3 is 2.42 bits per heavy atom. The molecule has 1 aromatic carbocycles. The summed E-state index contributed by atoms with van der Waals surface area (Å²) in [7, 11) is 1.56. The molecule has 1 amide bonds. The van der Waals surface area contributed by atoms with E-state index in [1.165, 1.54) is 6.08 Å². The van der Waals surface area contributed by atoms with Crippen LogP contribution in [-0.4, -0.2) is 42.9 Å². The average Bonchev–Trinajstić information content (AvgIpc) is 3.01. The molecule has 0 aliphatic rings. The number of carbonyl (C=O) groups is 2. The number of esters is 1. The van der Waals surface area contributed by atoms with E-state index in [9.17, 15) is 28.0 Å². The number of nitrogens with one attached hydrogen (secondary N) is 1. The fourth-order valence-corrected chi connectivity index (χ4v) is 2.81. The lowest BCUT2D eigenvalue weighted by Crippen LogP contribution is -2.36. The zero-order valence-electron chi connectivity index (χ0n) is 17.0. The maximum absolute atomic E-state index is 12.1. The lowest BCUT2D eigenvalue weighted by molar-refractivity contribution is -0.148. The monoisotopic (exact) mass is 435 g/mol. The maximum Gasteiger partial charge on any atom is 0.405 e. The number of amides is 1. The topological polar surface area (TPSA) is 93.3 Å². The summed E-state index contributed by atoms with van der Waals surface area (Å²) in [5.41, 5.74) is 2.61. The number of methoxy groups -OCH3 is 1. The number of hydrogen-bond acceptors (Lipinski definition) is 5. The molecule has 0 saturated carbocycles. The number of aromatic nitrogens is 1.